The van der Waals surface area contributed by atoms with E-state index in [1.54, 1.807) is 34.6 Å². The Morgan fingerprint density at radius 2 is 2.16 bits per heavy atom. The Hall–Kier alpha value is -1.96. The monoisotopic (exact) mass is 368 g/mol. The normalized spacial score (nSPS) is 21.5. The second-order valence-electron chi connectivity index (χ2n) is 7.05. The molecule has 0 amide bonds. The number of hydrogen-bond donors (Lipinski definition) is 0. The topological polar surface area (TPSA) is 103 Å². The largest absolute Gasteiger partial charge is 0.591 e. The first-order valence-electron chi connectivity index (χ1n) is 7.70. The number of azide groups is 1. The lowest BCUT2D eigenvalue weighted by atomic mass is 10.0. The molecule has 0 aliphatic carbocycles. The number of nitrogens with zero attached hydrogens (tertiary/aromatic N) is 4. The van der Waals surface area contributed by atoms with E-state index in [1.807, 2.05) is 0 Å². The van der Waals surface area contributed by atoms with Crippen LogP contribution in [0.4, 0.5) is 4.39 Å². The molecule has 25 heavy (non-hydrogen) atoms. The van der Waals surface area contributed by atoms with Crippen LogP contribution in [-0.4, -0.2) is 33.8 Å². The first-order valence-corrected chi connectivity index (χ1v) is 8.80. The van der Waals surface area contributed by atoms with Crippen molar-refractivity contribution in [3.63, 3.8) is 0 Å². The molecule has 1 aromatic rings. The SMILES string of the molecule is C/C(=N\[S@+]([O-])C(C)(C)C)c1cc(F)cc2c1OC(C)(CN=[N+]=[N-])CO2. The summed E-state index contributed by atoms with van der Waals surface area (Å²) < 4.78 is 41.4. The van der Waals surface area contributed by atoms with E-state index in [2.05, 4.69) is 14.4 Å². The molecule has 0 aromatic heterocycles. The van der Waals surface area contributed by atoms with Gasteiger partial charge in [-0.15, -0.1) is 0 Å². The van der Waals surface area contributed by atoms with Crippen molar-refractivity contribution < 1.29 is 18.4 Å². The number of halogens is 1. The van der Waals surface area contributed by atoms with Crippen LogP contribution in [0.25, 0.3) is 10.4 Å². The third kappa shape index (κ3) is 4.56. The minimum Gasteiger partial charge on any atom is -0.591 e. The van der Waals surface area contributed by atoms with Gasteiger partial charge in [-0.1, -0.05) is 9.51 Å². The summed E-state index contributed by atoms with van der Waals surface area (Å²) in [6, 6.07) is 2.49. The zero-order valence-corrected chi connectivity index (χ0v) is 15.7. The lowest BCUT2D eigenvalue weighted by molar-refractivity contribution is 0.0130. The van der Waals surface area contributed by atoms with Crippen LogP contribution in [0.2, 0.25) is 0 Å². The number of hydrogen-bond acceptors (Lipinski definition) is 5. The van der Waals surface area contributed by atoms with E-state index < -0.39 is 27.5 Å². The van der Waals surface area contributed by atoms with Gasteiger partial charge in [-0.3, -0.25) is 0 Å². The van der Waals surface area contributed by atoms with Gasteiger partial charge in [0.15, 0.2) is 11.5 Å². The van der Waals surface area contributed by atoms with E-state index in [0.717, 1.165) is 0 Å². The van der Waals surface area contributed by atoms with E-state index in [-0.39, 0.29) is 18.9 Å². The molecule has 1 unspecified atom stereocenters. The summed E-state index contributed by atoms with van der Waals surface area (Å²) in [5.74, 6) is 0.0343. The van der Waals surface area contributed by atoms with Crippen molar-refractivity contribution in [3.8, 4) is 11.5 Å². The highest BCUT2D eigenvalue weighted by Gasteiger charge is 2.35. The van der Waals surface area contributed by atoms with Crippen LogP contribution in [0.3, 0.4) is 0 Å². The van der Waals surface area contributed by atoms with E-state index in [9.17, 15) is 8.94 Å². The van der Waals surface area contributed by atoms with Crippen molar-refractivity contribution in [1.29, 1.82) is 0 Å². The van der Waals surface area contributed by atoms with Crippen LogP contribution in [0.1, 0.15) is 40.2 Å². The van der Waals surface area contributed by atoms with Crippen LogP contribution in [0.15, 0.2) is 21.6 Å². The Labute approximate surface area is 149 Å². The fourth-order valence-corrected chi connectivity index (χ4v) is 2.75. The molecule has 1 aliphatic rings. The molecule has 1 heterocycles. The fourth-order valence-electron chi connectivity index (χ4n) is 2.13. The van der Waals surface area contributed by atoms with Crippen molar-refractivity contribution in [2.45, 2.75) is 45.0 Å². The van der Waals surface area contributed by atoms with E-state index in [4.69, 9.17) is 15.0 Å². The molecule has 2 atom stereocenters. The summed E-state index contributed by atoms with van der Waals surface area (Å²) in [5.41, 5.74) is 8.38. The van der Waals surface area contributed by atoms with Gasteiger partial charge in [0.25, 0.3) is 0 Å². The minimum absolute atomic E-state index is 0.0594. The predicted molar refractivity (Wildman–Crippen MR) is 95.0 cm³/mol. The first kappa shape index (κ1) is 19.4. The third-order valence-electron chi connectivity index (χ3n) is 3.50. The predicted octanol–water partition coefficient (Wildman–Crippen LogP) is 3.94. The van der Waals surface area contributed by atoms with Gasteiger partial charge >= 0.3 is 0 Å². The number of ether oxygens (including phenoxy) is 2. The van der Waals surface area contributed by atoms with Gasteiger partial charge in [-0.05, 0) is 46.2 Å². The van der Waals surface area contributed by atoms with Gasteiger partial charge in [0, 0.05) is 16.5 Å². The molecular formula is C16H21FN4O3S. The molecule has 136 valence electrons. The summed E-state index contributed by atoms with van der Waals surface area (Å²) in [7, 11) is 0. The molecule has 2 rings (SSSR count). The van der Waals surface area contributed by atoms with Crippen molar-refractivity contribution >= 4 is 17.1 Å². The van der Waals surface area contributed by atoms with Crippen molar-refractivity contribution in [2.75, 3.05) is 13.2 Å². The molecule has 0 radical (unpaired) electrons. The number of benzene rings is 1. The average Bonchev–Trinajstić information content (AvgIpc) is 2.52. The molecular weight excluding hydrogens is 347 g/mol. The summed E-state index contributed by atoms with van der Waals surface area (Å²) in [6.45, 7) is 8.96. The molecule has 0 saturated heterocycles. The van der Waals surface area contributed by atoms with Gasteiger partial charge in [0.1, 0.15) is 34.1 Å². The van der Waals surface area contributed by atoms with Crippen LogP contribution >= 0.6 is 0 Å². The third-order valence-corrected chi connectivity index (χ3v) is 4.99. The molecule has 0 bridgehead atoms. The zero-order chi connectivity index (χ0) is 18.8. The molecule has 0 fully saturated rings. The molecule has 9 heteroatoms. The van der Waals surface area contributed by atoms with E-state index >= 15 is 0 Å². The lowest BCUT2D eigenvalue weighted by Gasteiger charge is -2.35. The molecule has 0 N–H and O–H groups in total. The lowest BCUT2D eigenvalue weighted by Crippen LogP contribution is -2.45. The van der Waals surface area contributed by atoms with Crippen molar-refractivity contribution in [3.05, 3.63) is 34.0 Å². The number of fused-ring (bicyclic) bond motifs is 1. The Morgan fingerprint density at radius 1 is 1.48 bits per heavy atom. The minimum atomic E-state index is -1.50. The maximum absolute atomic E-state index is 13.9. The summed E-state index contributed by atoms with van der Waals surface area (Å²) in [5, 5.41) is 3.54. The van der Waals surface area contributed by atoms with Gasteiger partial charge in [0.05, 0.1) is 12.3 Å². The molecule has 0 saturated carbocycles. The summed E-state index contributed by atoms with van der Waals surface area (Å²) in [6.07, 6.45) is 0. The molecule has 1 aromatic carbocycles. The van der Waals surface area contributed by atoms with Gasteiger partial charge < -0.3 is 14.0 Å². The maximum atomic E-state index is 13.9. The van der Waals surface area contributed by atoms with Crippen molar-refractivity contribution in [1.82, 2.24) is 0 Å². The highest BCUT2D eigenvalue weighted by molar-refractivity contribution is 7.91. The molecule has 1 aliphatic heterocycles. The second-order valence-corrected chi connectivity index (χ2v) is 8.95. The molecule has 0 spiro atoms. The Bertz CT molecular complexity index is 744. The summed E-state index contributed by atoms with van der Waals surface area (Å²) in [4.78, 5) is 2.73. The summed E-state index contributed by atoms with van der Waals surface area (Å²) >= 11 is -1.50. The van der Waals surface area contributed by atoms with Crippen LogP contribution in [0.5, 0.6) is 11.5 Å². The average molecular weight is 368 g/mol. The van der Waals surface area contributed by atoms with Crippen LogP contribution in [-0.2, 0) is 11.4 Å². The Morgan fingerprint density at radius 3 is 2.76 bits per heavy atom. The zero-order valence-electron chi connectivity index (χ0n) is 14.9. The van der Waals surface area contributed by atoms with E-state index in [1.165, 1.54) is 12.1 Å². The highest BCUT2D eigenvalue weighted by atomic mass is 32.2. The van der Waals surface area contributed by atoms with Crippen LogP contribution < -0.4 is 9.47 Å². The Kier molecular flexibility index (Phi) is 5.51. The Balaban J connectivity index is 2.46. The van der Waals surface area contributed by atoms with Gasteiger partial charge in [0.2, 0.25) is 0 Å². The number of rotatable bonds is 4. The van der Waals surface area contributed by atoms with Crippen molar-refractivity contribution in [2.24, 2.45) is 9.51 Å². The van der Waals surface area contributed by atoms with Crippen LogP contribution in [0, 0.1) is 5.82 Å². The fraction of sp³-hybridized carbons (Fsp3) is 0.562. The van der Waals surface area contributed by atoms with Gasteiger partial charge in [-0.25, -0.2) is 4.39 Å². The second kappa shape index (κ2) is 7.11. The standard InChI is InChI=1S/C16H21FN4O3S/c1-10(20-25(22)15(2,3)4)12-6-11(17)7-13-14(12)24-16(5,9-23-13)8-19-21-18/h6-7H,8-9H2,1-5H3/b20-10+/t16?,25-/m1/s1. The molecule has 7 nitrogen and oxygen atoms in total. The quantitative estimate of drug-likeness (QED) is 0.264. The highest BCUT2D eigenvalue weighted by Crippen LogP contribution is 2.40. The van der Waals surface area contributed by atoms with Gasteiger partial charge in [-0.2, -0.15) is 0 Å². The smallest absolute Gasteiger partial charge is 0.171 e. The maximum Gasteiger partial charge on any atom is 0.171 e. The first-order chi connectivity index (χ1) is 11.6. The van der Waals surface area contributed by atoms with E-state index in [0.29, 0.717) is 17.0 Å².